The summed E-state index contributed by atoms with van der Waals surface area (Å²) in [5.74, 6) is -0.829. The predicted molar refractivity (Wildman–Crippen MR) is 77.6 cm³/mol. The Labute approximate surface area is 118 Å². The number of halogens is 3. The lowest BCUT2D eigenvalue weighted by molar-refractivity contribution is 0.577. The molecule has 2 aromatic carbocycles. The van der Waals surface area contributed by atoms with Crippen molar-refractivity contribution in [1.29, 1.82) is 0 Å². The third-order valence-electron chi connectivity index (χ3n) is 2.65. The van der Waals surface area contributed by atoms with Crippen molar-refractivity contribution in [1.82, 2.24) is 0 Å². The van der Waals surface area contributed by atoms with Gasteiger partial charge in [0.25, 0.3) is 0 Å². The highest BCUT2D eigenvalue weighted by molar-refractivity contribution is 14.1. The van der Waals surface area contributed by atoms with Gasteiger partial charge in [-0.1, -0.05) is 0 Å². The Morgan fingerprint density at radius 2 is 1.72 bits per heavy atom. The van der Waals surface area contributed by atoms with Gasteiger partial charge in [0.05, 0.1) is 6.04 Å². The Balaban J connectivity index is 2.18. The molecule has 0 fully saturated rings. The Morgan fingerprint density at radius 1 is 1.06 bits per heavy atom. The average Bonchev–Trinajstić information content (AvgIpc) is 2.35. The van der Waals surface area contributed by atoms with Crippen molar-refractivity contribution in [2.24, 2.45) is 0 Å². The minimum Gasteiger partial charge on any atom is -0.378 e. The summed E-state index contributed by atoms with van der Waals surface area (Å²) in [7, 11) is 0. The van der Waals surface area contributed by atoms with E-state index in [1.807, 2.05) is 24.3 Å². The Hall–Kier alpha value is -1.17. The highest BCUT2D eigenvalue weighted by atomic mass is 127. The summed E-state index contributed by atoms with van der Waals surface area (Å²) in [5, 5.41) is 3.14. The molecule has 0 radical (unpaired) electrons. The van der Waals surface area contributed by atoms with Crippen LogP contribution in [0.3, 0.4) is 0 Å². The van der Waals surface area contributed by atoms with E-state index in [4.69, 9.17) is 0 Å². The molecule has 0 aromatic heterocycles. The third-order valence-corrected chi connectivity index (χ3v) is 3.37. The number of anilines is 1. The standard InChI is InChI=1S/C14H12F2IN/c1-9(13-8-10(15)2-7-14(13)16)18-12-5-3-11(17)4-6-12/h2-9,18H,1H3. The van der Waals surface area contributed by atoms with Crippen LogP contribution in [0.2, 0.25) is 0 Å². The fraction of sp³-hybridized carbons (Fsp3) is 0.143. The molecule has 0 spiro atoms. The van der Waals surface area contributed by atoms with E-state index in [-0.39, 0.29) is 6.04 Å². The van der Waals surface area contributed by atoms with E-state index < -0.39 is 11.6 Å². The van der Waals surface area contributed by atoms with Gasteiger partial charge in [0.15, 0.2) is 0 Å². The SMILES string of the molecule is CC(Nc1ccc(I)cc1)c1cc(F)ccc1F. The monoisotopic (exact) mass is 359 g/mol. The van der Waals surface area contributed by atoms with Crippen molar-refractivity contribution in [3.63, 3.8) is 0 Å². The van der Waals surface area contributed by atoms with E-state index in [2.05, 4.69) is 27.9 Å². The van der Waals surface area contributed by atoms with Gasteiger partial charge in [0, 0.05) is 14.8 Å². The van der Waals surface area contributed by atoms with Gasteiger partial charge in [-0.25, -0.2) is 8.78 Å². The molecule has 0 aliphatic heterocycles. The zero-order valence-corrected chi connectivity index (χ0v) is 11.9. The normalized spacial score (nSPS) is 12.2. The summed E-state index contributed by atoms with van der Waals surface area (Å²) in [4.78, 5) is 0. The molecule has 0 saturated heterocycles. The van der Waals surface area contributed by atoms with E-state index >= 15 is 0 Å². The van der Waals surface area contributed by atoms with Gasteiger partial charge in [-0.05, 0) is 72.0 Å². The van der Waals surface area contributed by atoms with E-state index in [0.29, 0.717) is 5.56 Å². The van der Waals surface area contributed by atoms with Gasteiger partial charge in [0.2, 0.25) is 0 Å². The maximum atomic E-state index is 13.6. The molecule has 0 saturated carbocycles. The Bertz CT molecular complexity index is 540. The molecule has 1 atom stereocenters. The van der Waals surface area contributed by atoms with Gasteiger partial charge < -0.3 is 5.32 Å². The minimum absolute atomic E-state index is 0.291. The van der Waals surface area contributed by atoms with Crippen LogP contribution in [0.1, 0.15) is 18.5 Å². The van der Waals surface area contributed by atoms with Crippen molar-refractivity contribution in [3.05, 3.63) is 63.2 Å². The fourth-order valence-electron chi connectivity index (χ4n) is 1.72. The summed E-state index contributed by atoms with van der Waals surface area (Å²) >= 11 is 2.21. The molecule has 2 rings (SSSR count). The first-order valence-corrected chi connectivity index (χ1v) is 6.61. The molecule has 0 aliphatic rings. The third kappa shape index (κ3) is 3.19. The first-order chi connectivity index (χ1) is 8.56. The number of hydrogen-bond acceptors (Lipinski definition) is 1. The van der Waals surface area contributed by atoms with Crippen LogP contribution in [0.5, 0.6) is 0 Å². The van der Waals surface area contributed by atoms with E-state index in [9.17, 15) is 8.78 Å². The summed E-state index contributed by atoms with van der Waals surface area (Å²) in [6, 6.07) is 10.9. The molecule has 1 nitrogen and oxygen atoms in total. The molecule has 0 aliphatic carbocycles. The molecule has 1 unspecified atom stereocenters. The van der Waals surface area contributed by atoms with Crippen molar-refractivity contribution >= 4 is 28.3 Å². The van der Waals surface area contributed by atoms with Crippen LogP contribution in [-0.4, -0.2) is 0 Å². The fourth-order valence-corrected chi connectivity index (χ4v) is 2.08. The molecular formula is C14H12F2IN. The topological polar surface area (TPSA) is 12.0 Å². The van der Waals surface area contributed by atoms with Crippen LogP contribution in [0.4, 0.5) is 14.5 Å². The predicted octanol–water partition coefficient (Wildman–Crippen LogP) is 4.74. The van der Waals surface area contributed by atoms with E-state index in [0.717, 1.165) is 21.4 Å². The van der Waals surface area contributed by atoms with Crippen LogP contribution in [-0.2, 0) is 0 Å². The summed E-state index contributed by atoms with van der Waals surface area (Å²) in [6.07, 6.45) is 0. The molecular weight excluding hydrogens is 347 g/mol. The second-order valence-electron chi connectivity index (χ2n) is 4.04. The molecule has 2 aromatic rings. The van der Waals surface area contributed by atoms with Crippen LogP contribution >= 0.6 is 22.6 Å². The van der Waals surface area contributed by atoms with Crippen molar-refractivity contribution in [2.75, 3.05) is 5.32 Å². The van der Waals surface area contributed by atoms with Crippen molar-refractivity contribution < 1.29 is 8.78 Å². The second-order valence-corrected chi connectivity index (χ2v) is 5.28. The molecule has 1 N–H and O–H groups in total. The lowest BCUT2D eigenvalue weighted by atomic mass is 10.1. The molecule has 0 bridgehead atoms. The van der Waals surface area contributed by atoms with Gasteiger partial charge in [-0.2, -0.15) is 0 Å². The zero-order valence-electron chi connectivity index (χ0n) is 9.75. The first kappa shape index (κ1) is 13.3. The summed E-state index contributed by atoms with van der Waals surface area (Å²) in [6.45, 7) is 1.80. The zero-order chi connectivity index (χ0) is 13.1. The minimum atomic E-state index is -0.428. The lowest BCUT2D eigenvalue weighted by Gasteiger charge is -2.16. The van der Waals surface area contributed by atoms with Crippen LogP contribution < -0.4 is 5.32 Å². The Morgan fingerprint density at radius 3 is 2.39 bits per heavy atom. The molecule has 4 heteroatoms. The quantitative estimate of drug-likeness (QED) is 0.781. The van der Waals surface area contributed by atoms with Crippen molar-refractivity contribution in [2.45, 2.75) is 13.0 Å². The van der Waals surface area contributed by atoms with Crippen LogP contribution in [0, 0.1) is 15.2 Å². The summed E-state index contributed by atoms with van der Waals surface area (Å²) in [5.41, 5.74) is 1.21. The van der Waals surface area contributed by atoms with Gasteiger partial charge in [0.1, 0.15) is 11.6 Å². The average molecular weight is 359 g/mol. The van der Waals surface area contributed by atoms with Crippen LogP contribution in [0.25, 0.3) is 0 Å². The smallest absolute Gasteiger partial charge is 0.128 e. The van der Waals surface area contributed by atoms with Crippen molar-refractivity contribution in [3.8, 4) is 0 Å². The largest absolute Gasteiger partial charge is 0.378 e. The van der Waals surface area contributed by atoms with Gasteiger partial charge >= 0.3 is 0 Å². The number of hydrogen-bond donors (Lipinski definition) is 1. The second kappa shape index (κ2) is 5.65. The van der Waals surface area contributed by atoms with E-state index in [1.54, 1.807) is 6.92 Å². The molecule has 94 valence electrons. The maximum absolute atomic E-state index is 13.6. The lowest BCUT2D eigenvalue weighted by Crippen LogP contribution is -2.09. The van der Waals surface area contributed by atoms with E-state index in [1.165, 1.54) is 6.07 Å². The molecule has 18 heavy (non-hydrogen) atoms. The van der Waals surface area contributed by atoms with Gasteiger partial charge in [-0.15, -0.1) is 0 Å². The summed E-state index contributed by atoms with van der Waals surface area (Å²) < 4.78 is 27.8. The maximum Gasteiger partial charge on any atom is 0.128 e. The molecule has 0 heterocycles. The van der Waals surface area contributed by atoms with Crippen LogP contribution in [0.15, 0.2) is 42.5 Å². The number of rotatable bonds is 3. The molecule has 0 amide bonds. The number of benzene rings is 2. The first-order valence-electron chi connectivity index (χ1n) is 5.53. The Kier molecular flexibility index (Phi) is 4.16. The highest BCUT2D eigenvalue weighted by Gasteiger charge is 2.11. The number of nitrogens with one attached hydrogen (secondary N) is 1. The highest BCUT2D eigenvalue weighted by Crippen LogP contribution is 2.23. The van der Waals surface area contributed by atoms with Gasteiger partial charge in [-0.3, -0.25) is 0 Å².